The summed E-state index contributed by atoms with van der Waals surface area (Å²) in [5.74, 6) is 1.54. The van der Waals surface area contributed by atoms with Gasteiger partial charge in [-0.05, 0) is 36.8 Å². The molecule has 0 atom stereocenters. The van der Waals surface area contributed by atoms with Crippen molar-refractivity contribution < 1.29 is 4.74 Å². The molecule has 0 aliphatic carbocycles. The highest BCUT2D eigenvalue weighted by Gasteiger charge is 2.23. The summed E-state index contributed by atoms with van der Waals surface area (Å²) < 4.78 is 5.52. The van der Waals surface area contributed by atoms with Gasteiger partial charge in [-0.15, -0.1) is 0 Å². The van der Waals surface area contributed by atoms with Gasteiger partial charge in [0.25, 0.3) is 0 Å². The quantitative estimate of drug-likeness (QED) is 0.554. The monoisotopic (exact) mass is 409 g/mol. The number of benzene rings is 1. The summed E-state index contributed by atoms with van der Waals surface area (Å²) >= 11 is 1.62. The molecular weight excluding hydrogens is 382 g/mol. The van der Waals surface area contributed by atoms with Gasteiger partial charge in [0.2, 0.25) is 0 Å². The number of aromatic nitrogens is 2. The lowest BCUT2D eigenvalue weighted by molar-refractivity contribution is 0.0843. The molecule has 6 nitrogen and oxygen atoms in total. The third kappa shape index (κ3) is 5.08. The van der Waals surface area contributed by atoms with E-state index >= 15 is 0 Å². The highest BCUT2D eigenvalue weighted by molar-refractivity contribution is 7.98. The summed E-state index contributed by atoms with van der Waals surface area (Å²) in [6.45, 7) is 6.52. The van der Waals surface area contributed by atoms with E-state index < -0.39 is 0 Å². The van der Waals surface area contributed by atoms with E-state index in [-0.39, 0.29) is 0 Å². The zero-order chi connectivity index (χ0) is 20.1. The molecule has 0 spiro atoms. The first kappa shape index (κ1) is 20.1. The van der Waals surface area contributed by atoms with Crippen LogP contribution in [0.5, 0.6) is 0 Å². The fourth-order valence-corrected chi connectivity index (χ4v) is 4.35. The Kier molecular flexibility index (Phi) is 6.65. The molecule has 7 heteroatoms. The smallest absolute Gasteiger partial charge is 0.189 e. The molecule has 2 aromatic rings. The Bertz CT molecular complexity index is 852. The Labute approximate surface area is 176 Å². The van der Waals surface area contributed by atoms with Crippen molar-refractivity contribution in [1.29, 1.82) is 5.26 Å². The molecule has 0 N–H and O–H groups in total. The normalized spacial score (nSPS) is 18.6. The van der Waals surface area contributed by atoms with Crippen LogP contribution in [0.4, 0.5) is 5.82 Å². The van der Waals surface area contributed by atoms with E-state index in [1.54, 1.807) is 11.8 Å². The maximum absolute atomic E-state index is 8.94. The molecule has 1 aromatic carbocycles. The number of anilines is 1. The third-order valence-corrected chi connectivity index (χ3v) is 6.27. The molecule has 0 amide bonds. The number of piperazine rings is 1. The molecule has 0 bridgehead atoms. The largest absolute Gasteiger partial charge is 0.381 e. The second kappa shape index (κ2) is 9.57. The van der Waals surface area contributed by atoms with Crippen LogP contribution in [0.25, 0.3) is 0 Å². The Balaban J connectivity index is 1.40. The zero-order valence-corrected chi connectivity index (χ0v) is 17.7. The number of thioether (sulfide) groups is 1. The summed E-state index contributed by atoms with van der Waals surface area (Å²) in [5, 5.41) is 9.81. The molecule has 2 aliphatic heterocycles. The second-order valence-corrected chi connectivity index (χ2v) is 8.37. The summed E-state index contributed by atoms with van der Waals surface area (Å²) in [7, 11) is 0. The average Bonchev–Trinajstić information content (AvgIpc) is 2.80. The third-order valence-electron chi connectivity index (χ3n) is 5.72. The number of nitriles is 1. The molecule has 3 heterocycles. The number of rotatable bonds is 5. The predicted octanol–water partition coefficient (Wildman–Crippen LogP) is 3.29. The highest BCUT2D eigenvalue weighted by atomic mass is 32.2. The Morgan fingerprint density at radius 1 is 1.10 bits per heavy atom. The first-order valence-corrected chi connectivity index (χ1v) is 11.4. The van der Waals surface area contributed by atoms with E-state index in [9.17, 15) is 0 Å². The van der Waals surface area contributed by atoms with Crippen LogP contribution < -0.4 is 4.90 Å². The molecule has 4 rings (SSSR count). The van der Waals surface area contributed by atoms with Gasteiger partial charge in [0, 0.05) is 57.9 Å². The van der Waals surface area contributed by atoms with E-state index in [1.165, 1.54) is 11.3 Å². The predicted molar refractivity (Wildman–Crippen MR) is 115 cm³/mol. The van der Waals surface area contributed by atoms with Crippen molar-refractivity contribution in [3.8, 4) is 6.07 Å². The van der Waals surface area contributed by atoms with Gasteiger partial charge in [-0.1, -0.05) is 23.9 Å². The molecule has 0 unspecified atom stereocenters. The standard InChI is InChI=1S/C22H27N5OS/c1-29-22-24-20(19-6-12-28-13-7-19)14-21(25-22)27-10-8-26(9-11-27)16-18-4-2-17(15-23)3-5-18/h2-5,14,19H,6-13,16H2,1H3. The van der Waals surface area contributed by atoms with Crippen molar-refractivity contribution in [2.75, 3.05) is 50.5 Å². The van der Waals surface area contributed by atoms with Gasteiger partial charge in [0.05, 0.1) is 17.3 Å². The van der Waals surface area contributed by atoms with E-state index in [0.29, 0.717) is 11.5 Å². The molecular formula is C22H27N5OS. The summed E-state index contributed by atoms with van der Waals surface area (Å²) in [4.78, 5) is 14.4. The minimum atomic E-state index is 0.481. The molecule has 0 saturated carbocycles. The van der Waals surface area contributed by atoms with E-state index in [4.69, 9.17) is 20.0 Å². The topological polar surface area (TPSA) is 65.3 Å². The first-order chi connectivity index (χ1) is 14.2. The average molecular weight is 410 g/mol. The highest BCUT2D eigenvalue weighted by Crippen LogP contribution is 2.29. The van der Waals surface area contributed by atoms with E-state index in [2.05, 4.69) is 34.1 Å². The zero-order valence-electron chi connectivity index (χ0n) is 16.9. The SMILES string of the molecule is CSc1nc(C2CCOCC2)cc(N2CCN(Cc3ccc(C#N)cc3)CC2)n1. The number of ether oxygens (including phenoxy) is 1. The van der Waals surface area contributed by atoms with Crippen LogP contribution in [0.1, 0.15) is 35.6 Å². The van der Waals surface area contributed by atoms with Crippen molar-refractivity contribution >= 4 is 17.6 Å². The summed E-state index contributed by atoms with van der Waals surface area (Å²) in [5.41, 5.74) is 3.14. The molecule has 152 valence electrons. The van der Waals surface area contributed by atoms with Gasteiger partial charge < -0.3 is 9.64 Å². The lowest BCUT2D eigenvalue weighted by atomic mass is 9.96. The maximum atomic E-state index is 8.94. The van der Waals surface area contributed by atoms with Gasteiger partial charge >= 0.3 is 0 Å². The molecule has 2 fully saturated rings. The van der Waals surface area contributed by atoms with Gasteiger partial charge in [-0.3, -0.25) is 4.90 Å². The van der Waals surface area contributed by atoms with Gasteiger partial charge in [0.15, 0.2) is 5.16 Å². The van der Waals surface area contributed by atoms with Gasteiger partial charge in [0.1, 0.15) is 5.82 Å². The van der Waals surface area contributed by atoms with Crippen molar-refractivity contribution in [1.82, 2.24) is 14.9 Å². The van der Waals surface area contributed by atoms with Crippen molar-refractivity contribution in [2.45, 2.75) is 30.5 Å². The van der Waals surface area contributed by atoms with Crippen molar-refractivity contribution in [3.05, 3.63) is 47.2 Å². The number of nitrogens with zero attached hydrogens (tertiary/aromatic N) is 5. The van der Waals surface area contributed by atoms with Crippen LogP contribution in [0.3, 0.4) is 0 Å². The van der Waals surface area contributed by atoms with Crippen molar-refractivity contribution in [3.63, 3.8) is 0 Å². The summed E-state index contributed by atoms with van der Waals surface area (Å²) in [6.07, 6.45) is 4.13. The number of hydrogen-bond acceptors (Lipinski definition) is 7. The van der Waals surface area contributed by atoms with Crippen molar-refractivity contribution in [2.24, 2.45) is 0 Å². The lowest BCUT2D eigenvalue weighted by Gasteiger charge is -2.36. The van der Waals surface area contributed by atoms with Crippen LogP contribution in [0.2, 0.25) is 0 Å². The Morgan fingerprint density at radius 2 is 1.83 bits per heavy atom. The van der Waals surface area contributed by atoms with Crippen LogP contribution in [-0.4, -0.2) is 60.5 Å². The number of hydrogen-bond donors (Lipinski definition) is 0. The minimum absolute atomic E-state index is 0.481. The molecule has 29 heavy (non-hydrogen) atoms. The Hall–Kier alpha value is -2.14. The Morgan fingerprint density at radius 3 is 2.48 bits per heavy atom. The van der Waals surface area contributed by atoms with Crippen LogP contribution in [0.15, 0.2) is 35.5 Å². The van der Waals surface area contributed by atoms with Crippen LogP contribution in [0, 0.1) is 11.3 Å². The fourth-order valence-electron chi connectivity index (χ4n) is 3.96. The second-order valence-electron chi connectivity index (χ2n) is 7.60. The van der Waals surface area contributed by atoms with Crippen LogP contribution >= 0.6 is 11.8 Å². The van der Waals surface area contributed by atoms with Crippen LogP contribution in [-0.2, 0) is 11.3 Å². The molecule has 2 saturated heterocycles. The molecule has 0 radical (unpaired) electrons. The molecule has 1 aromatic heterocycles. The van der Waals surface area contributed by atoms with E-state index in [1.807, 2.05) is 18.4 Å². The lowest BCUT2D eigenvalue weighted by Crippen LogP contribution is -2.46. The maximum Gasteiger partial charge on any atom is 0.189 e. The minimum Gasteiger partial charge on any atom is -0.381 e. The molecule has 2 aliphatic rings. The summed E-state index contributed by atoms with van der Waals surface area (Å²) in [6, 6.07) is 12.3. The van der Waals surface area contributed by atoms with Gasteiger partial charge in [-0.25, -0.2) is 9.97 Å². The van der Waals surface area contributed by atoms with Gasteiger partial charge in [-0.2, -0.15) is 5.26 Å². The first-order valence-electron chi connectivity index (χ1n) is 10.2. The van der Waals surface area contributed by atoms with E-state index in [0.717, 1.165) is 69.8 Å². The fraction of sp³-hybridized carbons (Fsp3) is 0.500.